The molecule has 0 aliphatic carbocycles. The third kappa shape index (κ3) is 10.0. The first-order valence-electron chi connectivity index (χ1n) is 22.4. The molecule has 10 unspecified atom stereocenters. The zero-order chi connectivity index (χ0) is 46.3. The summed E-state index contributed by atoms with van der Waals surface area (Å²) >= 11 is 0. The van der Waals surface area contributed by atoms with Crippen LogP contribution in [0.3, 0.4) is 0 Å². The van der Waals surface area contributed by atoms with E-state index in [9.17, 15) is 15.0 Å². The van der Waals surface area contributed by atoms with Gasteiger partial charge in [0.1, 0.15) is 63.8 Å². The average Bonchev–Trinajstić information content (AvgIpc) is 3.35. The Bertz CT molecular complexity index is 2500. The Morgan fingerprint density at radius 1 is 0.388 bits per heavy atom. The van der Waals surface area contributed by atoms with Crippen LogP contribution in [-0.4, -0.2) is 64.8 Å². The standard InChI is InChI=1S/C56H52O11/c1-35(57)46-47(58)44(51-55(66-42-30-18-8-19-31-42)53(64-40-26-14-6-15-27-40)49(36(2)60-51)62-38-22-10-4-11-23-38)34-45(48(46)59)52-56(67-43-32-20-9-21-33-43)54(65-41-28-16-7-17-29-41)50(37(3)61-52)63-39-24-12-5-13-25-39/h4-34,36-37,49-56,58-59H,1-3H3. The van der Waals surface area contributed by atoms with Crippen molar-refractivity contribution in [1.82, 2.24) is 0 Å². The van der Waals surface area contributed by atoms with Gasteiger partial charge in [0.2, 0.25) is 0 Å². The van der Waals surface area contributed by atoms with Gasteiger partial charge < -0.3 is 48.1 Å². The van der Waals surface area contributed by atoms with Crippen LogP contribution in [-0.2, 0) is 9.47 Å². The topological polar surface area (TPSA) is 131 Å². The fraction of sp³-hybridized carbons (Fsp3) is 0.232. The minimum absolute atomic E-state index is 0.142. The first kappa shape index (κ1) is 44.7. The van der Waals surface area contributed by atoms with E-state index in [0.29, 0.717) is 34.5 Å². The van der Waals surface area contributed by atoms with Gasteiger partial charge in [-0.2, -0.15) is 0 Å². The predicted octanol–water partition coefficient (Wildman–Crippen LogP) is 10.9. The first-order chi connectivity index (χ1) is 32.7. The Hall–Kier alpha value is -7.47. The smallest absolute Gasteiger partial charge is 0.177 e. The van der Waals surface area contributed by atoms with Gasteiger partial charge in [0.15, 0.2) is 42.4 Å². The maximum absolute atomic E-state index is 13.8. The van der Waals surface area contributed by atoms with Crippen molar-refractivity contribution in [2.75, 3.05) is 0 Å². The number of para-hydroxylation sites is 6. The Labute approximate surface area is 390 Å². The van der Waals surface area contributed by atoms with Crippen LogP contribution in [0.1, 0.15) is 54.5 Å². The number of rotatable bonds is 15. The maximum Gasteiger partial charge on any atom is 0.177 e. The molecule has 7 aromatic rings. The monoisotopic (exact) mass is 900 g/mol. The third-order valence-corrected chi connectivity index (χ3v) is 11.9. The highest BCUT2D eigenvalue weighted by Crippen LogP contribution is 2.49. The molecule has 0 saturated carbocycles. The fourth-order valence-corrected chi connectivity index (χ4v) is 8.79. The van der Waals surface area contributed by atoms with E-state index in [1.807, 2.05) is 196 Å². The van der Waals surface area contributed by atoms with E-state index >= 15 is 0 Å². The van der Waals surface area contributed by atoms with Gasteiger partial charge in [0, 0.05) is 11.1 Å². The summed E-state index contributed by atoms with van der Waals surface area (Å²) in [4.78, 5) is 13.8. The molecule has 0 spiro atoms. The highest BCUT2D eigenvalue weighted by Gasteiger charge is 2.53. The van der Waals surface area contributed by atoms with E-state index in [2.05, 4.69) is 0 Å². The highest BCUT2D eigenvalue weighted by atomic mass is 16.6. The lowest BCUT2D eigenvalue weighted by atomic mass is 9.84. The van der Waals surface area contributed by atoms with Crippen LogP contribution in [0.25, 0.3) is 0 Å². The molecule has 2 saturated heterocycles. The van der Waals surface area contributed by atoms with Crippen molar-refractivity contribution < 1.29 is 52.9 Å². The van der Waals surface area contributed by atoms with Crippen molar-refractivity contribution in [3.05, 3.63) is 205 Å². The van der Waals surface area contributed by atoms with E-state index < -0.39 is 78.3 Å². The Balaban J connectivity index is 1.20. The first-order valence-corrected chi connectivity index (χ1v) is 22.4. The number of hydrogen-bond acceptors (Lipinski definition) is 11. The van der Waals surface area contributed by atoms with Crippen LogP contribution in [0.15, 0.2) is 188 Å². The second kappa shape index (κ2) is 20.4. The van der Waals surface area contributed by atoms with Gasteiger partial charge in [0.25, 0.3) is 0 Å². The second-order valence-electron chi connectivity index (χ2n) is 16.6. The normalized spacial score (nSPS) is 24.7. The average molecular weight is 901 g/mol. The van der Waals surface area contributed by atoms with Crippen LogP contribution in [0.5, 0.6) is 46.0 Å². The van der Waals surface area contributed by atoms with Crippen molar-refractivity contribution in [3.63, 3.8) is 0 Å². The summed E-state index contributed by atoms with van der Waals surface area (Å²) in [6.45, 7) is 5.00. The molecule has 0 aromatic heterocycles. The van der Waals surface area contributed by atoms with Gasteiger partial charge in [-0.15, -0.1) is 0 Å². The number of carbonyl (C=O) groups excluding carboxylic acids is 1. The zero-order valence-corrected chi connectivity index (χ0v) is 37.2. The van der Waals surface area contributed by atoms with E-state index in [-0.39, 0.29) is 16.7 Å². The number of carbonyl (C=O) groups is 1. The van der Waals surface area contributed by atoms with Gasteiger partial charge in [-0.3, -0.25) is 4.79 Å². The van der Waals surface area contributed by atoms with Gasteiger partial charge >= 0.3 is 0 Å². The molecular weight excluding hydrogens is 849 g/mol. The van der Waals surface area contributed by atoms with E-state index in [0.717, 1.165) is 0 Å². The van der Waals surface area contributed by atoms with Gasteiger partial charge in [0.05, 0.1) is 12.2 Å². The molecule has 67 heavy (non-hydrogen) atoms. The number of aromatic hydroxyl groups is 2. The van der Waals surface area contributed by atoms with Gasteiger partial charge in [-0.1, -0.05) is 109 Å². The van der Waals surface area contributed by atoms with Crippen LogP contribution in [0.4, 0.5) is 0 Å². The lowest BCUT2D eigenvalue weighted by Crippen LogP contribution is -2.60. The second-order valence-corrected chi connectivity index (χ2v) is 16.6. The summed E-state index contributed by atoms with van der Waals surface area (Å²) < 4.78 is 54.7. The zero-order valence-electron chi connectivity index (χ0n) is 37.2. The molecule has 11 nitrogen and oxygen atoms in total. The molecule has 11 heteroatoms. The summed E-state index contributed by atoms with van der Waals surface area (Å²) in [5.41, 5.74) is -0.0460. The SMILES string of the molecule is CC(=O)c1c(O)c(C2OC(C)C(Oc3ccccc3)C(Oc3ccccc3)C2Oc2ccccc2)cc(C2OC(C)C(Oc3ccccc3)C(Oc3ccccc3)C2Oc2ccccc2)c1O. The summed E-state index contributed by atoms with van der Waals surface area (Å²) in [5.74, 6) is 1.68. The van der Waals surface area contributed by atoms with Gasteiger partial charge in [-0.25, -0.2) is 0 Å². The molecule has 7 aromatic carbocycles. The molecule has 0 amide bonds. The summed E-state index contributed by atoms with van der Waals surface area (Å²) in [6.07, 6.45) is -8.95. The van der Waals surface area contributed by atoms with Crippen molar-refractivity contribution in [3.8, 4) is 46.0 Å². The van der Waals surface area contributed by atoms with Crippen LogP contribution in [0.2, 0.25) is 0 Å². The largest absolute Gasteiger partial charge is 0.507 e. The molecule has 2 heterocycles. The molecule has 2 aliphatic heterocycles. The summed E-state index contributed by atoms with van der Waals surface area (Å²) in [6, 6.07) is 57.4. The van der Waals surface area contributed by atoms with Crippen molar-refractivity contribution >= 4 is 5.78 Å². The number of phenols is 2. The maximum atomic E-state index is 13.8. The van der Waals surface area contributed by atoms with Crippen LogP contribution < -0.4 is 28.4 Å². The minimum Gasteiger partial charge on any atom is -0.507 e. The lowest BCUT2D eigenvalue weighted by molar-refractivity contribution is -0.200. The Kier molecular flexibility index (Phi) is 13.6. The molecule has 9 rings (SSSR count). The summed E-state index contributed by atoms with van der Waals surface area (Å²) in [7, 11) is 0. The van der Waals surface area contributed by atoms with Gasteiger partial charge in [-0.05, 0) is 99.6 Å². The van der Waals surface area contributed by atoms with E-state index in [1.165, 1.54) is 6.92 Å². The number of ether oxygens (including phenoxy) is 8. The molecule has 0 bridgehead atoms. The van der Waals surface area contributed by atoms with E-state index in [4.69, 9.17) is 37.9 Å². The van der Waals surface area contributed by atoms with Crippen LogP contribution in [0, 0.1) is 0 Å². The molecule has 2 fully saturated rings. The van der Waals surface area contributed by atoms with E-state index in [1.54, 1.807) is 6.07 Å². The highest BCUT2D eigenvalue weighted by molar-refractivity contribution is 6.00. The van der Waals surface area contributed by atoms with Crippen molar-refractivity contribution in [2.45, 2.75) is 81.8 Å². The fourth-order valence-electron chi connectivity index (χ4n) is 8.79. The number of benzene rings is 7. The minimum atomic E-state index is -1.13. The number of hydrogen-bond donors (Lipinski definition) is 2. The molecule has 10 atom stereocenters. The predicted molar refractivity (Wildman–Crippen MR) is 252 cm³/mol. The summed E-state index contributed by atoms with van der Waals surface area (Å²) in [5, 5.41) is 24.7. The molecule has 2 aliphatic rings. The van der Waals surface area contributed by atoms with Crippen LogP contribution >= 0.6 is 0 Å². The Morgan fingerprint density at radius 3 is 0.881 bits per heavy atom. The molecular formula is C56H52O11. The van der Waals surface area contributed by atoms with Crippen molar-refractivity contribution in [2.24, 2.45) is 0 Å². The Morgan fingerprint density at radius 2 is 0.627 bits per heavy atom. The quantitative estimate of drug-likeness (QED) is 0.0954. The number of Topliss-reactive ketones (excluding diaryl/α,β-unsaturated/α-hetero) is 1. The molecule has 342 valence electrons. The molecule has 0 radical (unpaired) electrons. The van der Waals surface area contributed by atoms with Crippen molar-refractivity contribution in [1.29, 1.82) is 0 Å². The number of phenolic OH excluding ortho intramolecular Hbond substituents is 2. The third-order valence-electron chi connectivity index (χ3n) is 11.9. The number of ketones is 1. The molecule has 2 N–H and O–H groups in total. The lowest BCUT2D eigenvalue weighted by Gasteiger charge is -2.46.